The van der Waals surface area contributed by atoms with Gasteiger partial charge in [0.25, 0.3) is 0 Å². The average molecular weight is 185 g/mol. The number of rotatable bonds is 4. The highest BCUT2D eigenvalue weighted by molar-refractivity contribution is 5.67. The lowest BCUT2D eigenvalue weighted by molar-refractivity contribution is 0.0830. The van der Waals surface area contributed by atoms with Crippen LogP contribution in [-0.4, -0.2) is 18.7 Å². The Labute approximate surface area is 80.2 Å². The summed E-state index contributed by atoms with van der Waals surface area (Å²) in [5.41, 5.74) is 0. The lowest BCUT2D eigenvalue weighted by Crippen LogP contribution is -2.29. The van der Waals surface area contributed by atoms with Gasteiger partial charge in [0.1, 0.15) is 6.10 Å². The molecule has 3 heteroatoms. The van der Waals surface area contributed by atoms with Crippen LogP contribution >= 0.6 is 0 Å². The van der Waals surface area contributed by atoms with Crippen molar-refractivity contribution in [2.75, 3.05) is 6.54 Å². The van der Waals surface area contributed by atoms with Crippen molar-refractivity contribution in [2.24, 2.45) is 5.92 Å². The molecule has 3 nitrogen and oxygen atoms in total. The SMILES string of the molecule is C/C=C\CNC(=O)OC(C)C(C)C. The van der Waals surface area contributed by atoms with Crippen LogP contribution in [0.2, 0.25) is 0 Å². The van der Waals surface area contributed by atoms with Crippen LogP contribution in [0.4, 0.5) is 4.79 Å². The second kappa shape index (κ2) is 6.52. The number of allylic oxidation sites excluding steroid dienone is 1. The summed E-state index contributed by atoms with van der Waals surface area (Å²) in [6, 6.07) is 0. The molecule has 0 radical (unpaired) electrons. The smallest absolute Gasteiger partial charge is 0.407 e. The summed E-state index contributed by atoms with van der Waals surface area (Å²) in [5, 5.41) is 2.62. The molecular weight excluding hydrogens is 166 g/mol. The molecule has 0 aromatic heterocycles. The zero-order valence-electron chi connectivity index (χ0n) is 8.83. The molecule has 0 heterocycles. The number of nitrogens with one attached hydrogen (secondary N) is 1. The van der Waals surface area contributed by atoms with Gasteiger partial charge < -0.3 is 10.1 Å². The Balaban J connectivity index is 3.62. The summed E-state index contributed by atoms with van der Waals surface area (Å²) in [7, 11) is 0. The Morgan fingerprint density at radius 3 is 2.54 bits per heavy atom. The van der Waals surface area contributed by atoms with Gasteiger partial charge in [0.2, 0.25) is 0 Å². The molecule has 1 atom stereocenters. The topological polar surface area (TPSA) is 38.3 Å². The van der Waals surface area contributed by atoms with E-state index in [0.29, 0.717) is 12.5 Å². The third-order valence-corrected chi connectivity index (χ3v) is 1.83. The Morgan fingerprint density at radius 2 is 2.08 bits per heavy atom. The van der Waals surface area contributed by atoms with Crippen LogP contribution in [0.25, 0.3) is 0 Å². The van der Waals surface area contributed by atoms with Crippen molar-refractivity contribution in [3.8, 4) is 0 Å². The number of ether oxygens (including phenoxy) is 1. The standard InChI is InChI=1S/C10H19NO2/c1-5-6-7-11-10(12)13-9(4)8(2)3/h5-6,8-9H,7H2,1-4H3,(H,11,12)/b6-5-. The lowest BCUT2D eigenvalue weighted by Gasteiger charge is -2.16. The van der Waals surface area contributed by atoms with Crippen LogP contribution < -0.4 is 5.32 Å². The highest BCUT2D eigenvalue weighted by Gasteiger charge is 2.11. The van der Waals surface area contributed by atoms with E-state index >= 15 is 0 Å². The number of hydrogen-bond donors (Lipinski definition) is 1. The van der Waals surface area contributed by atoms with Crippen LogP contribution in [0.5, 0.6) is 0 Å². The van der Waals surface area contributed by atoms with Gasteiger partial charge in [0.05, 0.1) is 0 Å². The summed E-state index contributed by atoms with van der Waals surface area (Å²) in [6.45, 7) is 8.36. The molecule has 0 saturated heterocycles. The van der Waals surface area contributed by atoms with Crippen LogP contribution in [0.15, 0.2) is 12.2 Å². The van der Waals surface area contributed by atoms with E-state index in [0.717, 1.165) is 0 Å². The van der Waals surface area contributed by atoms with E-state index in [-0.39, 0.29) is 12.2 Å². The Bertz CT molecular complexity index is 176. The predicted octanol–water partition coefficient (Wildman–Crippen LogP) is 2.33. The maximum atomic E-state index is 11.1. The third-order valence-electron chi connectivity index (χ3n) is 1.83. The predicted molar refractivity (Wildman–Crippen MR) is 53.6 cm³/mol. The molecule has 0 spiro atoms. The second-order valence-corrected chi connectivity index (χ2v) is 3.30. The average Bonchev–Trinajstić information content (AvgIpc) is 2.04. The molecule has 13 heavy (non-hydrogen) atoms. The van der Waals surface area contributed by atoms with E-state index in [2.05, 4.69) is 5.32 Å². The summed E-state index contributed by atoms with van der Waals surface area (Å²) in [6.07, 6.45) is 3.36. The molecule has 0 aliphatic rings. The first-order valence-electron chi connectivity index (χ1n) is 4.63. The largest absolute Gasteiger partial charge is 0.446 e. The quantitative estimate of drug-likeness (QED) is 0.683. The van der Waals surface area contributed by atoms with E-state index in [4.69, 9.17) is 4.74 Å². The summed E-state index contributed by atoms with van der Waals surface area (Å²) >= 11 is 0. The fourth-order valence-corrected chi connectivity index (χ4v) is 0.607. The van der Waals surface area contributed by atoms with Crippen molar-refractivity contribution in [1.82, 2.24) is 5.32 Å². The highest BCUT2D eigenvalue weighted by atomic mass is 16.6. The molecular formula is C10H19NO2. The molecule has 0 rings (SSSR count). The zero-order valence-corrected chi connectivity index (χ0v) is 8.83. The van der Waals surface area contributed by atoms with E-state index in [9.17, 15) is 4.79 Å². The van der Waals surface area contributed by atoms with Crippen molar-refractivity contribution in [2.45, 2.75) is 33.8 Å². The molecule has 76 valence electrons. The van der Waals surface area contributed by atoms with E-state index < -0.39 is 0 Å². The lowest BCUT2D eigenvalue weighted by atomic mass is 10.1. The summed E-state index contributed by atoms with van der Waals surface area (Å²) < 4.78 is 5.07. The van der Waals surface area contributed by atoms with Gasteiger partial charge in [-0.25, -0.2) is 4.79 Å². The molecule has 0 bridgehead atoms. The van der Waals surface area contributed by atoms with Crippen molar-refractivity contribution in [1.29, 1.82) is 0 Å². The third kappa shape index (κ3) is 6.20. The number of carbonyl (C=O) groups excluding carboxylic acids is 1. The minimum absolute atomic E-state index is 0.0365. The van der Waals surface area contributed by atoms with Crippen molar-refractivity contribution >= 4 is 6.09 Å². The van der Waals surface area contributed by atoms with E-state index in [1.54, 1.807) is 0 Å². The first-order valence-corrected chi connectivity index (χ1v) is 4.63. The number of alkyl carbamates (subject to hydrolysis) is 1. The highest BCUT2D eigenvalue weighted by Crippen LogP contribution is 2.04. The van der Waals surface area contributed by atoms with E-state index in [1.807, 2.05) is 39.8 Å². The molecule has 1 amide bonds. The molecule has 0 saturated carbocycles. The summed E-state index contributed by atoms with van der Waals surface area (Å²) in [4.78, 5) is 11.1. The summed E-state index contributed by atoms with van der Waals surface area (Å²) in [5.74, 6) is 0.354. The van der Waals surface area contributed by atoms with Gasteiger partial charge in [0.15, 0.2) is 0 Å². The molecule has 1 unspecified atom stereocenters. The van der Waals surface area contributed by atoms with Crippen molar-refractivity contribution in [3.05, 3.63) is 12.2 Å². The van der Waals surface area contributed by atoms with Gasteiger partial charge in [0, 0.05) is 6.54 Å². The fourth-order valence-electron chi connectivity index (χ4n) is 0.607. The zero-order chi connectivity index (χ0) is 10.3. The van der Waals surface area contributed by atoms with Gasteiger partial charge >= 0.3 is 6.09 Å². The van der Waals surface area contributed by atoms with Crippen LogP contribution in [0.3, 0.4) is 0 Å². The van der Waals surface area contributed by atoms with Crippen LogP contribution in [0.1, 0.15) is 27.7 Å². The molecule has 0 aromatic rings. The fraction of sp³-hybridized carbons (Fsp3) is 0.700. The minimum atomic E-state index is -0.348. The van der Waals surface area contributed by atoms with Gasteiger partial charge in [-0.2, -0.15) is 0 Å². The Hall–Kier alpha value is -0.990. The number of hydrogen-bond acceptors (Lipinski definition) is 2. The minimum Gasteiger partial charge on any atom is -0.446 e. The Morgan fingerprint density at radius 1 is 1.46 bits per heavy atom. The maximum Gasteiger partial charge on any atom is 0.407 e. The van der Waals surface area contributed by atoms with Gasteiger partial charge in [-0.05, 0) is 19.8 Å². The molecule has 0 aliphatic carbocycles. The number of carbonyl (C=O) groups is 1. The first-order chi connectivity index (χ1) is 6.07. The first kappa shape index (κ1) is 12.0. The van der Waals surface area contributed by atoms with Crippen molar-refractivity contribution < 1.29 is 9.53 Å². The Kier molecular flexibility index (Phi) is 6.02. The normalized spacial score (nSPS) is 13.3. The molecule has 0 aliphatic heterocycles. The van der Waals surface area contributed by atoms with Gasteiger partial charge in [-0.3, -0.25) is 0 Å². The molecule has 1 N–H and O–H groups in total. The number of amides is 1. The van der Waals surface area contributed by atoms with Gasteiger partial charge in [-0.15, -0.1) is 0 Å². The molecule has 0 fully saturated rings. The van der Waals surface area contributed by atoms with Gasteiger partial charge in [-0.1, -0.05) is 26.0 Å². The van der Waals surface area contributed by atoms with Crippen molar-refractivity contribution in [3.63, 3.8) is 0 Å². The second-order valence-electron chi connectivity index (χ2n) is 3.30. The monoisotopic (exact) mass is 185 g/mol. The molecule has 0 aromatic carbocycles. The van der Waals surface area contributed by atoms with E-state index in [1.165, 1.54) is 0 Å². The van der Waals surface area contributed by atoms with Crippen LogP contribution in [0, 0.1) is 5.92 Å². The van der Waals surface area contributed by atoms with Crippen LogP contribution in [-0.2, 0) is 4.74 Å². The maximum absolute atomic E-state index is 11.1.